The van der Waals surface area contributed by atoms with Crippen LogP contribution in [0.3, 0.4) is 0 Å². The summed E-state index contributed by atoms with van der Waals surface area (Å²) in [6, 6.07) is 16.8. The van der Waals surface area contributed by atoms with Crippen LogP contribution >= 0.6 is 0 Å². The molecule has 0 aliphatic carbocycles. The first-order valence-electron chi connectivity index (χ1n) is 34.2. The molecule has 0 amide bonds. The predicted molar refractivity (Wildman–Crippen MR) is 348 cm³/mol. The first-order chi connectivity index (χ1) is 41.2. The molecular formula is C72H113BF2N2O7. The zero-order valence-corrected chi connectivity index (χ0v) is 52.9. The number of hydrogen-bond acceptors (Lipinski definition) is 6. The molecular weight excluding hydrogens is 1050 g/mol. The fourth-order valence-corrected chi connectivity index (χ4v) is 11.2. The van der Waals surface area contributed by atoms with Crippen molar-refractivity contribution in [3.63, 3.8) is 0 Å². The highest BCUT2D eigenvalue weighted by molar-refractivity contribution is 6.36. The van der Waals surface area contributed by atoms with Crippen molar-refractivity contribution in [3.05, 3.63) is 83.7 Å². The quantitative estimate of drug-likeness (QED) is 0.0132. The van der Waals surface area contributed by atoms with Crippen molar-refractivity contribution in [1.29, 1.82) is 0 Å². The number of aromatic carboxylic acids is 1. The molecule has 84 heavy (non-hydrogen) atoms. The van der Waals surface area contributed by atoms with Crippen LogP contribution in [0.4, 0.5) is 8.63 Å². The number of halogens is 2. The third-order valence-corrected chi connectivity index (χ3v) is 16.4. The van der Waals surface area contributed by atoms with E-state index in [1.54, 1.807) is 36.4 Å². The largest absolute Gasteiger partial charge is 0.796 e. The molecule has 0 saturated carbocycles. The number of H-pyrrole nitrogens is 2. The third kappa shape index (κ3) is 31.9. The standard InChI is InChI=1S/C72H113BF2N2O7/c1-4-7-10-13-16-19-22-25-28-31-34-37-40-43-54-81-69-57-62(64-51-53-66(77-64)68(84-73(74)75)59-67(78)65-52-50-63(76-65)60-46-48-61(49-47-60)72(79)80)58-70(82-55-44-41-38-35-32-29-26-23-20-17-14-11-8-5-2)71(69)83-56-45-42-39-36-33-30-27-24-21-18-15-12-9-6-3/h46-53,57-59,76-77H,4-45,54-56H2,1-3H3,(H,79,80)/b68-59+. The molecule has 4 rings (SSSR count). The van der Waals surface area contributed by atoms with E-state index in [9.17, 15) is 23.3 Å². The average Bonchev–Trinajstić information content (AvgIpc) is 4.28. The number of allylic oxidation sites excluding steroid dienone is 1. The number of benzene rings is 2. The Morgan fingerprint density at radius 2 is 0.738 bits per heavy atom. The number of rotatable bonds is 56. The second-order valence-electron chi connectivity index (χ2n) is 23.8. The summed E-state index contributed by atoms with van der Waals surface area (Å²) in [6.07, 6.45) is 54.7. The van der Waals surface area contributed by atoms with Gasteiger partial charge in [-0.15, -0.1) is 0 Å². The molecule has 0 unspecified atom stereocenters. The van der Waals surface area contributed by atoms with Crippen molar-refractivity contribution in [2.45, 2.75) is 290 Å². The van der Waals surface area contributed by atoms with Gasteiger partial charge >= 0.3 is 13.4 Å². The van der Waals surface area contributed by atoms with Crippen molar-refractivity contribution in [3.8, 4) is 39.8 Å². The smallest absolute Gasteiger partial charge is 0.503 e. The number of unbranched alkanes of at least 4 members (excludes halogenated alkanes) is 39. The number of carbonyl (C=O) groups is 2. The van der Waals surface area contributed by atoms with Crippen LogP contribution in [0.1, 0.15) is 317 Å². The number of carboxylic acids is 1. The Balaban J connectivity index is 1.46. The summed E-state index contributed by atoms with van der Waals surface area (Å²) in [7, 11) is -3.19. The predicted octanol–water partition coefficient (Wildman–Crippen LogP) is 23.1. The van der Waals surface area contributed by atoms with Crippen LogP contribution in [0.25, 0.3) is 28.3 Å². The van der Waals surface area contributed by atoms with Gasteiger partial charge in [-0.25, -0.2) is 13.4 Å². The number of aromatic amines is 2. The van der Waals surface area contributed by atoms with Gasteiger partial charge in [0.25, 0.3) is 0 Å². The van der Waals surface area contributed by atoms with Gasteiger partial charge in [-0.2, -0.15) is 0 Å². The van der Waals surface area contributed by atoms with Gasteiger partial charge in [-0.3, -0.25) is 4.79 Å². The minimum atomic E-state index is -3.19. The molecule has 2 heterocycles. The van der Waals surface area contributed by atoms with E-state index < -0.39 is 19.2 Å². The molecule has 2 aromatic heterocycles. The van der Waals surface area contributed by atoms with Gasteiger partial charge in [0.05, 0.1) is 36.8 Å². The topological polar surface area (TPSA) is 123 Å². The molecule has 0 aliphatic rings. The van der Waals surface area contributed by atoms with Crippen molar-refractivity contribution >= 4 is 25.0 Å². The number of hydrogen-bond donors (Lipinski definition) is 3. The molecule has 12 heteroatoms. The zero-order chi connectivity index (χ0) is 59.9. The molecule has 0 radical (unpaired) electrons. The van der Waals surface area contributed by atoms with Crippen LogP contribution < -0.4 is 14.2 Å². The van der Waals surface area contributed by atoms with Crippen molar-refractivity contribution in [1.82, 2.24) is 9.97 Å². The van der Waals surface area contributed by atoms with Crippen LogP contribution in [0.15, 0.2) is 66.7 Å². The molecule has 470 valence electrons. The number of carbonyl (C=O) groups excluding carboxylic acids is 1. The fourth-order valence-electron chi connectivity index (χ4n) is 11.2. The molecule has 0 bridgehead atoms. The van der Waals surface area contributed by atoms with Crippen LogP contribution in [-0.4, -0.2) is 54.1 Å². The van der Waals surface area contributed by atoms with E-state index in [1.165, 1.54) is 243 Å². The molecule has 0 fully saturated rings. The maximum atomic E-state index is 14.1. The lowest BCUT2D eigenvalue weighted by Gasteiger charge is -2.19. The van der Waals surface area contributed by atoms with E-state index in [0.29, 0.717) is 54.0 Å². The van der Waals surface area contributed by atoms with Gasteiger partial charge < -0.3 is 33.9 Å². The summed E-state index contributed by atoms with van der Waals surface area (Å²) in [5.74, 6) is -0.151. The number of aromatic nitrogens is 2. The van der Waals surface area contributed by atoms with E-state index >= 15 is 0 Å². The number of nitrogens with one attached hydrogen (secondary N) is 2. The van der Waals surface area contributed by atoms with Gasteiger partial charge in [-0.05, 0) is 73.4 Å². The van der Waals surface area contributed by atoms with Gasteiger partial charge in [0.15, 0.2) is 11.5 Å². The molecule has 2 aromatic carbocycles. The minimum absolute atomic E-state index is 0.135. The van der Waals surface area contributed by atoms with Crippen molar-refractivity contribution in [2.75, 3.05) is 19.8 Å². The Morgan fingerprint density at radius 1 is 0.417 bits per heavy atom. The Bertz CT molecular complexity index is 2260. The number of carboxylic acid groups (broad SMARTS) is 1. The van der Waals surface area contributed by atoms with Crippen LogP contribution in [0, 0.1) is 0 Å². The van der Waals surface area contributed by atoms with E-state index in [-0.39, 0.29) is 22.7 Å². The lowest BCUT2D eigenvalue weighted by atomic mass is 10.0. The van der Waals surface area contributed by atoms with Gasteiger partial charge in [-0.1, -0.05) is 283 Å². The summed E-state index contributed by atoms with van der Waals surface area (Å²) in [5.41, 5.74) is 3.05. The number of ether oxygens (including phenoxy) is 3. The highest BCUT2D eigenvalue weighted by atomic mass is 19.2. The van der Waals surface area contributed by atoms with Gasteiger partial charge in [0.1, 0.15) is 5.76 Å². The SMILES string of the molecule is CCCCCCCCCCCCCCCCOc1cc(-c2ccc(/C(=C\C(=O)c3ccc(-c4ccc(C(=O)O)cc4)[nH]3)OB(F)F)[nH]2)cc(OCCCCCCCCCCCCCCCC)c1OCCCCCCCCCCCCCCCC. The summed E-state index contributed by atoms with van der Waals surface area (Å²) >= 11 is 0. The minimum Gasteiger partial charge on any atom is -0.503 e. The molecule has 3 N–H and O–H groups in total. The summed E-state index contributed by atoms with van der Waals surface area (Å²) in [5, 5.41) is 9.33. The second kappa shape index (κ2) is 47.2. The van der Waals surface area contributed by atoms with Gasteiger partial charge in [0.2, 0.25) is 11.5 Å². The Kier molecular flexibility index (Phi) is 40.2. The maximum absolute atomic E-state index is 14.1. The molecule has 0 atom stereocenters. The van der Waals surface area contributed by atoms with Gasteiger partial charge in [0, 0.05) is 23.0 Å². The lowest BCUT2D eigenvalue weighted by molar-refractivity contribution is 0.0696. The van der Waals surface area contributed by atoms with Crippen LogP contribution in [0.5, 0.6) is 17.2 Å². The molecule has 0 saturated heterocycles. The van der Waals surface area contributed by atoms with E-state index in [0.717, 1.165) is 50.2 Å². The maximum Gasteiger partial charge on any atom is 0.796 e. The molecule has 4 aromatic rings. The van der Waals surface area contributed by atoms with Crippen molar-refractivity contribution < 1.29 is 42.2 Å². The van der Waals surface area contributed by atoms with E-state index in [4.69, 9.17) is 18.9 Å². The Hall–Kier alpha value is -5.00. The molecule has 9 nitrogen and oxygen atoms in total. The third-order valence-electron chi connectivity index (χ3n) is 16.4. The highest BCUT2D eigenvalue weighted by Crippen LogP contribution is 2.43. The molecule has 0 spiro atoms. The van der Waals surface area contributed by atoms with E-state index in [1.807, 2.05) is 12.1 Å². The average molecular weight is 1170 g/mol. The Labute approximate surface area is 508 Å². The fraction of sp³-hybridized carbons (Fsp3) is 0.667. The zero-order valence-electron chi connectivity index (χ0n) is 52.9. The highest BCUT2D eigenvalue weighted by Gasteiger charge is 2.24. The van der Waals surface area contributed by atoms with Crippen molar-refractivity contribution in [2.24, 2.45) is 0 Å². The summed E-state index contributed by atoms with van der Waals surface area (Å²) in [4.78, 5) is 31.3. The monoisotopic (exact) mass is 1170 g/mol. The lowest BCUT2D eigenvalue weighted by Crippen LogP contribution is -2.07. The number of ketones is 1. The van der Waals surface area contributed by atoms with Crippen LogP contribution in [-0.2, 0) is 4.65 Å². The normalized spacial score (nSPS) is 11.6. The molecule has 0 aliphatic heterocycles. The second-order valence-corrected chi connectivity index (χ2v) is 23.8. The summed E-state index contributed by atoms with van der Waals surface area (Å²) in [6.45, 7) is 8.41. The Morgan fingerprint density at radius 3 is 1.10 bits per heavy atom. The van der Waals surface area contributed by atoms with Crippen LogP contribution in [0.2, 0.25) is 0 Å². The summed E-state index contributed by atoms with van der Waals surface area (Å²) < 4.78 is 53.2. The first-order valence-corrected chi connectivity index (χ1v) is 34.2. The first kappa shape index (κ1) is 71.5. The van der Waals surface area contributed by atoms with E-state index in [2.05, 4.69) is 30.7 Å².